The molecule has 3 fully saturated rings. The third kappa shape index (κ3) is 4.44. The molecule has 3 saturated heterocycles. The van der Waals surface area contributed by atoms with E-state index in [4.69, 9.17) is 24.2 Å². The van der Waals surface area contributed by atoms with Gasteiger partial charge in [0.25, 0.3) is 0 Å². The lowest BCUT2D eigenvalue weighted by Crippen LogP contribution is -2.36. The molecule has 1 amide bonds. The highest BCUT2D eigenvalue weighted by atomic mass is 16.7. The Labute approximate surface area is 209 Å². The Morgan fingerprint density at radius 3 is 2.97 bits per heavy atom. The van der Waals surface area contributed by atoms with Crippen molar-refractivity contribution in [1.29, 1.82) is 0 Å². The van der Waals surface area contributed by atoms with Crippen LogP contribution in [-0.2, 0) is 14.2 Å². The summed E-state index contributed by atoms with van der Waals surface area (Å²) in [7, 11) is 0. The molecule has 0 bridgehead atoms. The van der Waals surface area contributed by atoms with Crippen LogP contribution in [-0.4, -0.2) is 66.4 Å². The van der Waals surface area contributed by atoms with E-state index in [0.29, 0.717) is 31.1 Å². The van der Waals surface area contributed by atoms with Gasteiger partial charge in [-0.15, -0.1) is 0 Å². The van der Waals surface area contributed by atoms with Crippen LogP contribution in [0.5, 0.6) is 5.75 Å². The van der Waals surface area contributed by atoms with Gasteiger partial charge >= 0.3 is 6.09 Å². The average Bonchev–Trinajstić information content (AvgIpc) is 3.61. The quantitative estimate of drug-likeness (QED) is 0.559. The van der Waals surface area contributed by atoms with Gasteiger partial charge in [-0.3, -0.25) is 0 Å². The van der Waals surface area contributed by atoms with Crippen LogP contribution in [0.3, 0.4) is 0 Å². The number of amides is 1. The molecule has 2 unspecified atom stereocenters. The highest BCUT2D eigenvalue weighted by molar-refractivity contribution is 5.92. The standard InChI is InChI=1S/C27H30N4O5/c1-16-6-7-18-21(12-16)29-24(19-4-2-3-5-22(19)32)30-25(18)31-10-8-17(14-31)13-28-27(33)36-23-15-35-26-20(23)9-11-34-26/h2-7,12,17,20,23,26,32H,8-11,13-15H2,1H3,(H,28,33)/t17-,20?,23+,26?/m0/s1. The van der Waals surface area contributed by atoms with Gasteiger partial charge in [0.15, 0.2) is 12.1 Å². The second kappa shape index (κ2) is 9.55. The first kappa shape index (κ1) is 23.0. The van der Waals surface area contributed by atoms with E-state index in [9.17, 15) is 9.90 Å². The number of carbonyl (C=O) groups excluding carboxylic acids is 1. The maximum Gasteiger partial charge on any atom is 0.407 e. The highest BCUT2D eigenvalue weighted by Crippen LogP contribution is 2.35. The lowest BCUT2D eigenvalue weighted by Gasteiger charge is -2.21. The molecular weight excluding hydrogens is 460 g/mol. The van der Waals surface area contributed by atoms with E-state index in [2.05, 4.69) is 22.3 Å². The molecule has 0 aliphatic carbocycles. The molecule has 0 radical (unpaired) electrons. The van der Waals surface area contributed by atoms with Crippen molar-refractivity contribution in [2.24, 2.45) is 11.8 Å². The van der Waals surface area contributed by atoms with Crippen LogP contribution >= 0.6 is 0 Å². The van der Waals surface area contributed by atoms with Crippen molar-refractivity contribution in [3.63, 3.8) is 0 Å². The monoisotopic (exact) mass is 490 g/mol. The number of phenols is 1. The zero-order valence-electron chi connectivity index (χ0n) is 20.2. The number of benzene rings is 2. The molecule has 4 atom stereocenters. The number of ether oxygens (including phenoxy) is 3. The largest absolute Gasteiger partial charge is 0.507 e. The smallest absolute Gasteiger partial charge is 0.407 e. The first-order chi connectivity index (χ1) is 17.5. The minimum Gasteiger partial charge on any atom is -0.507 e. The Bertz CT molecular complexity index is 1280. The normalized spacial score (nSPS) is 25.3. The number of para-hydroxylation sites is 1. The molecule has 0 saturated carbocycles. The summed E-state index contributed by atoms with van der Waals surface area (Å²) in [6.45, 7) is 5.18. The molecule has 0 spiro atoms. The molecule has 2 aromatic carbocycles. The molecule has 2 N–H and O–H groups in total. The number of hydrogen-bond acceptors (Lipinski definition) is 8. The van der Waals surface area contributed by atoms with Gasteiger partial charge in [0, 0.05) is 25.0 Å². The van der Waals surface area contributed by atoms with Gasteiger partial charge in [0.05, 0.1) is 30.2 Å². The summed E-state index contributed by atoms with van der Waals surface area (Å²) in [5.74, 6) is 1.90. The summed E-state index contributed by atoms with van der Waals surface area (Å²) in [5.41, 5.74) is 2.56. The fraction of sp³-hybridized carbons (Fsp3) is 0.444. The van der Waals surface area contributed by atoms with Crippen LogP contribution in [0.25, 0.3) is 22.3 Å². The Balaban J connectivity index is 1.15. The molecule has 6 rings (SSSR count). The Morgan fingerprint density at radius 1 is 1.19 bits per heavy atom. The van der Waals surface area contributed by atoms with Crippen LogP contribution in [0.4, 0.5) is 10.6 Å². The number of hydrogen-bond donors (Lipinski definition) is 2. The van der Waals surface area contributed by atoms with Crippen molar-refractivity contribution < 1.29 is 24.1 Å². The second-order valence-corrected chi connectivity index (χ2v) is 9.86. The average molecular weight is 491 g/mol. The zero-order valence-corrected chi connectivity index (χ0v) is 20.2. The maximum atomic E-state index is 12.4. The molecule has 4 heterocycles. The molecule has 36 heavy (non-hydrogen) atoms. The van der Waals surface area contributed by atoms with Gasteiger partial charge in [-0.05, 0) is 55.5 Å². The van der Waals surface area contributed by atoms with E-state index in [1.54, 1.807) is 12.1 Å². The van der Waals surface area contributed by atoms with Gasteiger partial charge in [0.2, 0.25) is 0 Å². The fourth-order valence-electron chi connectivity index (χ4n) is 5.39. The van der Waals surface area contributed by atoms with E-state index < -0.39 is 6.09 Å². The van der Waals surface area contributed by atoms with Crippen molar-refractivity contribution in [1.82, 2.24) is 15.3 Å². The lowest BCUT2D eigenvalue weighted by atomic mass is 10.0. The first-order valence-corrected chi connectivity index (χ1v) is 12.5. The van der Waals surface area contributed by atoms with Crippen molar-refractivity contribution in [2.45, 2.75) is 32.2 Å². The van der Waals surface area contributed by atoms with Gasteiger partial charge in [-0.25, -0.2) is 14.8 Å². The van der Waals surface area contributed by atoms with Crippen molar-refractivity contribution >= 4 is 22.8 Å². The number of aromatic nitrogens is 2. The molecular formula is C27H30N4O5. The van der Waals surface area contributed by atoms with E-state index in [-0.39, 0.29) is 30.0 Å². The number of fused-ring (bicyclic) bond motifs is 2. The second-order valence-electron chi connectivity index (χ2n) is 9.86. The number of rotatable bonds is 5. The van der Waals surface area contributed by atoms with Crippen LogP contribution in [0.2, 0.25) is 0 Å². The SMILES string of the molecule is Cc1ccc2c(N3CC[C@@H](CNC(=O)O[C@@H]4COC5OCCC54)C3)nc(-c3ccccc3O)nc2c1. The molecule has 3 aromatic rings. The molecule has 3 aliphatic heterocycles. The number of phenolic OH excluding ortho intramolecular Hbond substituents is 1. The summed E-state index contributed by atoms with van der Waals surface area (Å²) in [4.78, 5) is 24.3. The van der Waals surface area contributed by atoms with E-state index >= 15 is 0 Å². The van der Waals surface area contributed by atoms with Crippen LogP contribution in [0.15, 0.2) is 42.5 Å². The zero-order chi connectivity index (χ0) is 24.6. The summed E-state index contributed by atoms with van der Waals surface area (Å²) < 4.78 is 16.7. The molecule has 1 aromatic heterocycles. The number of nitrogens with one attached hydrogen (secondary N) is 1. The van der Waals surface area contributed by atoms with Crippen molar-refractivity contribution in [2.75, 3.05) is 37.7 Å². The minimum atomic E-state index is -0.403. The lowest BCUT2D eigenvalue weighted by molar-refractivity contribution is -0.0907. The molecule has 188 valence electrons. The van der Waals surface area contributed by atoms with Gasteiger partial charge in [0.1, 0.15) is 17.7 Å². The number of aromatic hydroxyl groups is 1. The number of alkyl carbamates (subject to hydrolysis) is 1. The van der Waals surface area contributed by atoms with Crippen LogP contribution in [0, 0.1) is 18.8 Å². The van der Waals surface area contributed by atoms with E-state index in [1.165, 1.54) is 0 Å². The number of aryl methyl sites for hydroxylation is 1. The molecule has 3 aliphatic rings. The number of nitrogens with zero attached hydrogens (tertiary/aromatic N) is 3. The van der Waals surface area contributed by atoms with Gasteiger partial charge in [-0.1, -0.05) is 18.2 Å². The summed E-state index contributed by atoms with van der Waals surface area (Å²) in [6, 6.07) is 13.3. The Kier molecular flexibility index (Phi) is 6.10. The third-order valence-corrected chi connectivity index (χ3v) is 7.34. The van der Waals surface area contributed by atoms with Gasteiger partial charge < -0.3 is 29.5 Å². The number of carbonyl (C=O) groups is 1. The highest BCUT2D eigenvalue weighted by Gasteiger charge is 2.43. The first-order valence-electron chi connectivity index (χ1n) is 12.5. The van der Waals surface area contributed by atoms with E-state index in [1.807, 2.05) is 25.1 Å². The summed E-state index contributed by atoms with van der Waals surface area (Å²) in [5, 5.41) is 14.3. The predicted octanol–water partition coefficient (Wildman–Crippen LogP) is 3.62. The van der Waals surface area contributed by atoms with Crippen LogP contribution in [0.1, 0.15) is 18.4 Å². The molecule has 9 nitrogen and oxygen atoms in total. The minimum absolute atomic E-state index is 0.130. The van der Waals surface area contributed by atoms with E-state index in [0.717, 1.165) is 48.2 Å². The van der Waals surface area contributed by atoms with Gasteiger partial charge in [-0.2, -0.15) is 0 Å². The fourth-order valence-corrected chi connectivity index (χ4v) is 5.39. The van der Waals surface area contributed by atoms with Crippen molar-refractivity contribution in [3.05, 3.63) is 48.0 Å². The summed E-state index contributed by atoms with van der Waals surface area (Å²) >= 11 is 0. The Hall–Kier alpha value is -3.43. The summed E-state index contributed by atoms with van der Waals surface area (Å²) in [6.07, 6.45) is 0.894. The third-order valence-electron chi connectivity index (χ3n) is 7.34. The molecule has 9 heteroatoms. The maximum absolute atomic E-state index is 12.4. The predicted molar refractivity (Wildman–Crippen MR) is 134 cm³/mol. The van der Waals surface area contributed by atoms with Crippen LogP contribution < -0.4 is 10.2 Å². The Morgan fingerprint density at radius 2 is 2.08 bits per heavy atom. The van der Waals surface area contributed by atoms with Crippen molar-refractivity contribution in [3.8, 4) is 17.1 Å². The number of anilines is 1. The topological polar surface area (TPSA) is 106 Å².